The van der Waals surface area contributed by atoms with Gasteiger partial charge in [0.2, 0.25) is 26.6 Å². The molecule has 5 nitrogen and oxygen atoms in total. The third-order valence-corrected chi connectivity index (χ3v) is 7.29. The van der Waals surface area contributed by atoms with Crippen molar-refractivity contribution in [2.24, 2.45) is 0 Å². The van der Waals surface area contributed by atoms with Crippen LogP contribution in [0.2, 0.25) is 0 Å². The molecular weight excluding hydrogens is 415 g/mol. The molecule has 2 heterocycles. The summed E-state index contributed by atoms with van der Waals surface area (Å²) in [6.07, 6.45) is 3.02. The molecule has 0 saturated carbocycles. The molecule has 1 aromatic heterocycles. The van der Waals surface area contributed by atoms with Crippen LogP contribution < -0.4 is 4.90 Å². The zero-order valence-corrected chi connectivity index (χ0v) is 17.6. The van der Waals surface area contributed by atoms with Crippen LogP contribution in [0.5, 0.6) is 0 Å². The lowest BCUT2D eigenvalue weighted by Gasteiger charge is -2.26. The van der Waals surface area contributed by atoms with Gasteiger partial charge in [-0.2, -0.15) is 4.98 Å². The number of halogens is 1. The van der Waals surface area contributed by atoms with Crippen LogP contribution in [0.1, 0.15) is 19.3 Å². The van der Waals surface area contributed by atoms with Crippen LogP contribution in [0.4, 0.5) is 10.3 Å². The molecule has 4 aromatic rings. The molecule has 0 radical (unpaired) electrons. The van der Waals surface area contributed by atoms with Crippen molar-refractivity contribution in [1.29, 1.82) is 0 Å². The summed E-state index contributed by atoms with van der Waals surface area (Å²) in [4.78, 5) is 6.42. The second-order valence-corrected chi connectivity index (χ2v) is 9.53. The maximum Gasteiger partial charge on any atom is 0.236 e. The molecule has 0 amide bonds. The summed E-state index contributed by atoms with van der Waals surface area (Å²) in [6, 6.07) is 18.4. The quantitative estimate of drug-likeness (QED) is 0.398. The minimum atomic E-state index is -3.99. The fraction of sp³-hybridized carbons (Fsp3) is 0.208. The number of sulfone groups is 1. The van der Waals surface area contributed by atoms with E-state index >= 15 is 0 Å². The average Bonchev–Trinajstić information content (AvgIpc) is 3.26. The van der Waals surface area contributed by atoms with Gasteiger partial charge >= 0.3 is 0 Å². The van der Waals surface area contributed by atoms with E-state index in [9.17, 15) is 12.8 Å². The van der Waals surface area contributed by atoms with E-state index in [2.05, 4.69) is 4.98 Å². The molecule has 0 spiro atoms. The Labute approximate surface area is 180 Å². The second kappa shape index (κ2) is 7.81. The molecule has 0 bridgehead atoms. The molecule has 3 aromatic carbocycles. The molecule has 0 N–H and O–H groups in total. The largest absolute Gasteiger partial charge is 0.419 e. The van der Waals surface area contributed by atoms with Gasteiger partial charge in [0.05, 0.1) is 4.90 Å². The summed E-state index contributed by atoms with van der Waals surface area (Å²) in [5, 5.41) is 1.83. The maximum atomic E-state index is 13.4. The highest BCUT2D eigenvalue weighted by Crippen LogP contribution is 2.37. The molecule has 1 aliphatic rings. The number of rotatable bonds is 4. The van der Waals surface area contributed by atoms with Crippen molar-refractivity contribution in [1.82, 2.24) is 4.98 Å². The zero-order chi connectivity index (χ0) is 21.4. The Morgan fingerprint density at radius 1 is 0.871 bits per heavy atom. The molecule has 1 fully saturated rings. The van der Waals surface area contributed by atoms with Crippen LogP contribution in [-0.4, -0.2) is 26.5 Å². The Bertz CT molecular complexity index is 1340. The molecule has 7 heteroatoms. The van der Waals surface area contributed by atoms with E-state index in [1.807, 2.05) is 47.4 Å². The molecule has 1 aliphatic heterocycles. The van der Waals surface area contributed by atoms with Crippen molar-refractivity contribution < 1.29 is 17.2 Å². The van der Waals surface area contributed by atoms with E-state index in [0.29, 0.717) is 13.1 Å². The summed E-state index contributed by atoms with van der Waals surface area (Å²) in [6.45, 7) is 1.41. The van der Waals surface area contributed by atoms with Gasteiger partial charge in [0.1, 0.15) is 5.82 Å². The normalized spacial score (nSPS) is 14.8. The van der Waals surface area contributed by atoms with Gasteiger partial charge in [-0.3, -0.25) is 0 Å². The minimum Gasteiger partial charge on any atom is -0.419 e. The van der Waals surface area contributed by atoms with Crippen LogP contribution in [-0.2, 0) is 9.84 Å². The number of hydrogen-bond donors (Lipinski definition) is 0. The van der Waals surface area contributed by atoms with Gasteiger partial charge in [0, 0.05) is 18.7 Å². The first-order valence-corrected chi connectivity index (χ1v) is 11.8. The lowest BCUT2D eigenvalue weighted by molar-refractivity contribution is 0.499. The second-order valence-electron chi connectivity index (χ2n) is 7.66. The average molecular weight is 437 g/mol. The summed E-state index contributed by atoms with van der Waals surface area (Å²) in [5.74, 6) is 0.0248. The summed E-state index contributed by atoms with van der Waals surface area (Å²) in [5.41, 5.74) is 0.733. The Balaban J connectivity index is 1.70. The fourth-order valence-corrected chi connectivity index (χ4v) is 5.34. The lowest BCUT2D eigenvalue weighted by Crippen LogP contribution is -2.30. The van der Waals surface area contributed by atoms with Gasteiger partial charge < -0.3 is 9.32 Å². The predicted molar refractivity (Wildman–Crippen MR) is 117 cm³/mol. The molecule has 0 atom stereocenters. The van der Waals surface area contributed by atoms with Crippen LogP contribution in [0, 0.1) is 5.82 Å². The molecule has 31 heavy (non-hydrogen) atoms. The van der Waals surface area contributed by atoms with E-state index in [0.717, 1.165) is 47.7 Å². The van der Waals surface area contributed by atoms with Crippen LogP contribution in [0.3, 0.4) is 0 Å². The number of piperidine rings is 1. The Kier molecular flexibility index (Phi) is 4.98. The smallest absolute Gasteiger partial charge is 0.236 e. The van der Waals surface area contributed by atoms with Crippen LogP contribution >= 0.6 is 0 Å². The standard InChI is InChI=1S/C24H21FN2O3S/c25-18-11-13-19(14-12-18)31(28,29)23-24(27-15-4-1-5-16-27)30-22(26-23)21-10-6-8-17-7-2-3-9-20(17)21/h2-3,6-14H,1,4-5,15-16H2. The Hall–Kier alpha value is -3.19. The van der Waals surface area contributed by atoms with Crippen molar-refractivity contribution in [2.45, 2.75) is 29.2 Å². The number of aromatic nitrogens is 1. The summed E-state index contributed by atoms with van der Waals surface area (Å²) >= 11 is 0. The molecule has 158 valence electrons. The first-order valence-electron chi connectivity index (χ1n) is 10.3. The SMILES string of the molecule is O=S(=O)(c1ccc(F)cc1)c1nc(-c2cccc3ccccc23)oc1N1CCCCC1. The zero-order valence-electron chi connectivity index (χ0n) is 16.8. The van der Waals surface area contributed by atoms with Gasteiger partial charge in [0.15, 0.2) is 0 Å². The van der Waals surface area contributed by atoms with Crippen molar-refractivity contribution in [3.63, 3.8) is 0 Å². The number of fused-ring (bicyclic) bond motifs is 1. The Morgan fingerprint density at radius 2 is 1.58 bits per heavy atom. The van der Waals surface area contributed by atoms with E-state index in [-0.39, 0.29) is 21.7 Å². The maximum absolute atomic E-state index is 13.4. The topological polar surface area (TPSA) is 63.4 Å². The monoisotopic (exact) mass is 436 g/mol. The van der Waals surface area contributed by atoms with Gasteiger partial charge in [-0.1, -0.05) is 36.4 Å². The molecule has 5 rings (SSSR count). The van der Waals surface area contributed by atoms with Crippen LogP contribution in [0.25, 0.3) is 22.2 Å². The summed E-state index contributed by atoms with van der Waals surface area (Å²) < 4.78 is 46.4. The highest BCUT2D eigenvalue weighted by Gasteiger charge is 2.32. The minimum absolute atomic E-state index is 0.00932. The third kappa shape index (κ3) is 3.59. The van der Waals surface area contributed by atoms with Gasteiger partial charge in [0.25, 0.3) is 0 Å². The van der Waals surface area contributed by atoms with E-state index < -0.39 is 15.7 Å². The highest BCUT2D eigenvalue weighted by atomic mass is 32.2. The lowest BCUT2D eigenvalue weighted by atomic mass is 10.0. The van der Waals surface area contributed by atoms with E-state index in [1.165, 1.54) is 12.1 Å². The number of hydrogen-bond acceptors (Lipinski definition) is 5. The fourth-order valence-electron chi connectivity index (χ4n) is 4.02. The number of anilines is 1. The first kappa shape index (κ1) is 19.8. The number of oxazole rings is 1. The van der Waals surface area contributed by atoms with E-state index in [1.54, 1.807) is 0 Å². The number of benzene rings is 3. The van der Waals surface area contributed by atoms with Gasteiger partial charge in [-0.25, -0.2) is 12.8 Å². The first-order chi connectivity index (χ1) is 15.0. The van der Waals surface area contributed by atoms with Crippen LogP contribution in [0.15, 0.2) is 81.1 Å². The van der Waals surface area contributed by atoms with Crippen molar-refractivity contribution in [3.8, 4) is 11.5 Å². The predicted octanol–water partition coefficient (Wildman–Crippen LogP) is 5.46. The molecule has 0 aliphatic carbocycles. The van der Waals surface area contributed by atoms with Gasteiger partial charge in [-0.15, -0.1) is 0 Å². The molecule has 1 saturated heterocycles. The molecular formula is C24H21FN2O3S. The van der Waals surface area contributed by atoms with Crippen molar-refractivity contribution in [2.75, 3.05) is 18.0 Å². The third-order valence-electron chi connectivity index (χ3n) is 5.62. The van der Waals surface area contributed by atoms with Crippen molar-refractivity contribution >= 4 is 26.5 Å². The Morgan fingerprint density at radius 3 is 2.35 bits per heavy atom. The summed E-state index contributed by atoms with van der Waals surface area (Å²) in [7, 11) is -3.99. The molecule has 0 unspecified atom stereocenters. The van der Waals surface area contributed by atoms with Crippen molar-refractivity contribution in [3.05, 3.63) is 72.5 Å². The highest BCUT2D eigenvalue weighted by molar-refractivity contribution is 7.91. The van der Waals surface area contributed by atoms with E-state index in [4.69, 9.17) is 4.42 Å². The number of nitrogens with zero attached hydrogens (tertiary/aromatic N) is 2. The van der Waals surface area contributed by atoms with Gasteiger partial charge in [-0.05, 0) is 60.4 Å².